The molecule has 0 radical (unpaired) electrons. The van der Waals surface area contributed by atoms with Gasteiger partial charge in [0.2, 0.25) is 5.91 Å². The second kappa shape index (κ2) is 7.06. The average Bonchev–Trinajstić information content (AvgIpc) is 2.50. The molecule has 0 aliphatic heterocycles. The fraction of sp³-hybridized carbons (Fsp3) is 0.133. The Kier molecular flexibility index (Phi) is 5.13. The number of nitrogens with one attached hydrogen (secondary N) is 2. The summed E-state index contributed by atoms with van der Waals surface area (Å²) in [5.41, 5.74) is 1.56. The molecule has 6 nitrogen and oxygen atoms in total. The monoisotopic (exact) mass is 337 g/mol. The summed E-state index contributed by atoms with van der Waals surface area (Å²) < 4.78 is 13.0. The van der Waals surface area contributed by atoms with Gasteiger partial charge in [0, 0.05) is 23.5 Å². The van der Waals surface area contributed by atoms with Crippen molar-refractivity contribution in [1.82, 2.24) is 0 Å². The molecule has 8 heteroatoms. The van der Waals surface area contributed by atoms with Crippen LogP contribution in [0.15, 0.2) is 36.4 Å². The molecule has 1 amide bonds. The third-order valence-corrected chi connectivity index (χ3v) is 3.36. The van der Waals surface area contributed by atoms with Crippen molar-refractivity contribution in [3.63, 3.8) is 0 Å². The van der Waals surface area contributed by atoms with Crippen LogP contribution in [-0.2, 0) is 4.79 Å². The number of amides is 1. The van der Waals surface area contributed by atoms with Crippen molar-refractivity contribution in [1.29, 1.82) is 0 Å². The Morgan fingerprint density at radius 2 is 2.04 bits per heavy atom. The molecule has 0 fully saturated rings. The minimum Gasteiger partial charge on any atom is -0.376 e. The number of anilines is 2. The smallest absolute Gasteiger partial charge is 0.271 e. The minimum absolute atomic E-state index is 0.0659. The van der Waals surface area contributed by atoms with E-state index in [2.05, 4.69) is 10.6 Å². The maximum absolute atomic E-state index is 13.0. The van der Waals surface area contributed by atoms with Crippen molar-refractivity contribution in [2.75, 3.05) is 17.2 Å². The molecule has 0 heterocycles. The molecule has 0 aromatic heterocycles. The number of carbonyl (C=O) groups excluding carboxylic acids is 1. The van der Waals surface area contributed by atoms with Gasteiger partial charge in [-0.3, -0.25) is 14.9 Å². The quantitative estimate of drug-likeness (QED) is 0.643. The molecule has 2 aromatic carbocycles. The first-order valence-electron chi connectivity index (χ1n) is 6.60. The molecule has 2 rings (SSSR count). The molecule has 0 bridgehead atoms. The van der Waals surface area contributed by atoms with Gasteiger partial charge >= 0.3 is 0 Å². The number of halogens is 2. The molecule has 0 aliphatic carbocycles. The second-order valence-electron chi connectivity index (χ2n) is 4.79. The van der Waals surface area contributed by atoms with Crippen LogP contribution in [-0.4, -0.2) is 17.4 Å². The molecule has 23 heavy (non-hydrogen) atoms. The van der Waals surface area contributed by atoms with Gasteiger partial charge in [0.15, 0.2) is 0 Å². The lowest BCUT2D eigenvalue weighted by Gasteiger charge is -2.10. The van der Waals surface area contributed by atoms with Crippen LogP contribution in [0.5, 0.6) is 0 Å². The van der Waals surface area contributed by atoms with E-state index in [4.69, 9.17) is 11.6 Å². The number of nitrogens with zero attached hydrogens (tertiary/aromatic N) is 1. The number of benzene rings is 2. The van der Waals surface area contributed by atoms with Crippen molar-refractivity contribution < 1.29 is 14.1 Å². The van der Waals surface area contributed by atoms with E-state index in [-0.39, 0.29) is 17.3 Å². The second-order valence-corrected chi connectivity index (χ2v) is 5.19. The highest BCUT2D eigenvalue weighted by Crippen LogP contribution is 2.22. The molecule has 2 N–H and O–H groups in total. The van der Waals surface area contributed by atoms with Crippen molar-refractivity contribution in [3.8, 4) is 0 Å². The normalized spacial score (nSPS) is 10.2. The lowest BCUT2D eigenvalue weighted by Crippen LogP contribution is -2.22. The number of aryl methyl sites for hydroxylation is 1. The van der Waals surface area contributed by atoms with Gasteiger partial charge in [-0.25, -0.2) is 4.39 Å². The number of non-ortho nitro benzene ring substituents is 1. The van der Waals surface area contributed by atoms with Crippen LogP contribution in [0.2, 0.25) is 5.02 Å². The highest BCUT2D eigenvalue weighted by Gasteiger charge is 2.10. The fourth-order valence-corrected chi connectivity index (χ4v) is 2.05. The Labute approximate surface area is 136 Å². The average molecular weight is 338 g/mol. The van der Waals surface area contributed by atoms with Gasteiger partial charge in [0.25, 0.3) is 5.69 Å². The maximum atomic E-state index is 13.0. The molecule has 2 aromatic rings. The van der Waals surface area contributed by atoms with Gasteiger partial charge in [-0.05, 0) is 30.7 Å². The zero-order valence-electron chi connectivity index (χ0n) is 12.1. The van der Waals surface area contributed by atoms with Crippen LogP contribution in [0.3, 0.4) is 0 Å². The predicted octanol–water partition coefficient (Wildman–Crippen LogP) is 3.75. The molecule has 0 atom stereocenters. The molecule has 0 spiro atoms. The first-order chi connectivity index (χ1) is 10.9. The zero-order valence-corrected chi connectivity index (χ0v) is 12.9. The summed E-state index contributed by atoms with van der Waals surface area (Å²) in [5.74, 6) is -0.964. The van der Waals surface area contributed by atoms with E-state index in [0.717, 1.165) is 11.6 Å². The Morgan fingerprint density at radius 3 is 2.70 bits per heavy atom. The first kappa shape index (κ1) is 16.7. The lowest BCUT2D eigenvalue weighted by atomic mass is 10.2. The highest BCUT2D eigenvalue weighted by molar-refractivity contribution is 6.31. The fourth-order valence-electron chi connectivity index (χ4n) is 1.87. The van der Waals surface area contributed by atoms with Gasteiger partial charge in [-0.15, -0.1) is 0 Å². The first-order valence-corrected chi connectivity index (χ1v) is 6.98. The van der Waals surface area contributed by atoms with E-state index >= 15 is 0 Å². The number of rotatable bonds is 5. The molecule has 0 aliphatic rings. The van der Waals surface area contributed by atoms with E-state index < -0.39 is 16.6 Å². The van der Waals surface area contributed by atoms with Crippen LogP contribution in [0.4, 0.5) is 21.5 Å². The predicted molar refractivity (Wildman–Crippen MR) is 86.4 cm³/mol. The minimum atomic E-state index is -0.574. The number of hydrogen-bond donors (Lipinski definition) is 2. The van der Waals surface area contributed by atoms with Gasteiger partial charge < -0.3 is 10.6 Å². The Bertz CT molecular complexity index is 768. The van der Waals surface area contributed by atoms with Crippen molar-refractivity contribution in [3.05, 3.63) is 62.9 Å². The third kappa shape index (κ3) is 4.40. The summed E-state index contributed by atoms with van der Waals surface area (Å²) in [6.45, 7) is 1.67. The Morgan fingerprint density at radius 1 is 1.30 bits per heavy atom. The molecular formula is C15H13ClFN3O3. The standard InChI is InChI=1S/C15H13ClFN3O3/c1-9-2-4-11(20(22)23)7-14(9)18-8-15(21)19-10-3-5-13(17)12(16)6-10/h2-7,18H,8H2,1H3,(H,19,21). The largest absolute Gasteiger partial charge is 0.376 e. The molecule has 0 unspecified atom stereocenters. The van der Waals surface area contributed by atoms with Gasteiger partial charge in [0.1, 0.15) is 5.82 Å². The molecule has 0 saturated carbocycles. The SMILES string of the molecule is Cc1ccc([N+](=O)[O-])cc1NCC(=O)Nc1ccc(F)c(Cl)c1. The molecular weight excluding hydrogens is 325 g/mol. The lowest BCUT2D eigenvalue weighted by molar-refractivity contribution is -0.384. The number of hydrogen-bond acceptors (Lipinski definition) is 4. The number of nitro groups is 1. The van der Waals surface area contributed by atoms with Crippen LogP contribution >= 0.6 is 11.6 Å². The summed E-state index contributed by atoms with van der Waals surface area (Å²) >= 11 is 5.63. The van der Waals surface area contributed by atoms with Crippen LogP contribution in [0.1, 0.15) is 5.56 Å². The zero-order chi connectivity index (χ0) is 17.0. The van der Waals surface area contributed by atoms with Crippen molar-refractivity contribution in [2.45, 2.75) is 6.92 Å². The topological polar surface area (TPSA) is 84.3 Å². The van der Waals surface area contributed by atoms with Crippen LogP contribution in [0.25, 0.3) is 0 Å². The van der Waals surface area contributed by atoms with Gasteiger partial charge in [0.05, 0.1) is 16.5 Å². The van der Waals surface area contributed by atoms with Crippen molar-refractivity contribution in [2.24, 2.45) is 0 Å². The third-order valence-electron chi connectivity index (χ3n) is 3.07. The van der Waals surface area contributed by atoms with E-state index in [1.54, 1.807) is 13.0 Å². The van der Waals surface area contributed by atoms with E-state index in [9.17, 15) is 19.3 Å². The summed E-state index contributed by atoms with van der Waals surface area (Å²) in [6, 6.07) is 8.18. The van der Waals surface area contributed by atoms with Crippen LogP contribution in [0, 0.1) is 22.9 Å². The molecule has 120 valence electrons. The van der Waals surface area contributed by atoms with Gasteiger partial charge in [-0.1, -0.05) is 17.7 Å². The van der Waals surface area contributed by atoms with E-state index in [0.29, 0.717) is 11.4 Å². The number of carbonyl (C=O) groups is 1. The summed E-state index contributed by atoms with van der Waals surface area (Å²) in [5, 5.41) is 16.0. The summed E-state index contributed by atoms with van der Waals surface area (Å²) in [7, 11) is 0. The van der Waals surface area contributed by atoms with Gasteiger partial charge in [-0.2, -0.15) is 0 Å². The summed E-state index contributed by atoms with van der Waals surface area (Å²) in [6.07, 6.45) is 0. The van der Waals surface area contributed by atoms with Crippen LogP contribution < -0.4 is 10.6 Å². The molecule has 0 saturated heterocycles. The number of nitro benzene ring substituents is 1. The Balaban J connectivity index is 2.00. The summed E-state index contributed by atoms with van der Waals surface area (Å²) in [4.78, 5) is 22.1. The maximum Gasteiger partial charge on any atom is 0.271 e. The highest BCUT2D eigenvalue weighted by atomic mass is 35.5. The van der Waals surface area contributed by atoms with E-state index in [1.165, 1.54) is 24.3 Å². The van der Waals surface area contributed by atoms with Crippen molar-refractivity contribution >= 4 is 34.6 Å². The van der Waals surface area contributed by atoms with E-state index in [1.807, 2.05) is 0 Å². The Hall–Kier alpha value is -2.67.